The summed E-state index contributed by atoms with van der Waals surface area (Å²) in [5.41, 5.74) is 2.97. The van der Waals surface area contributed by atoms with Gasteiger partial charge in [-0.2, -0.15) is 0 Å². The van der Waals surface area contributed by atoms with E-state index >= 15 is 0 Å². The molecule has 1 aromatic rings. The lowest BCUT2D eigenvalue weighted by Crippen LogP contribution is -2.33. The molecule has 1 saturated heterocycles. The third-order valence-electron chi connectivity index (χ3n) is 4.94. The number of likely N-dealkylation sites (tertiary alicyclic amines) is 1. The molecule has 4 heteroatoms. The Labute approximate surface area is 151 Å². The van der Waals surface area contributed by atoms with E-state index in [4.69, 9.17) is 4.74 Å². The summed E-state index contributed by atoms with van der Waals surface area (Å²) in [7, 11) is 0. The summed E-state index contributed by atoms with van der Waals surface area (Å²) in [6, 6.07) is 8.82. The second kappa shape index (κ2) is 7.61. The molecule has 1 heterocycles. The van der Waals surface area contributed by atoms with Gasteiger partial charge in [0, 0.05) is 11.7 Å². The number of hydrogen-bond acceptors (Lipinski definition) is 3. The normalized spacial score (nSPS) is 21.7. The Morgan fingerprint density at radius 3 is 2.40 bits per heavy atom. The lowest BCUT2D eigenvalue weighted by molar-refractivity contribution is 0.0636. The first-order chi connectivity index (χ1) is 11.9. The SMILES string of the molecule is CC(C)(C)OC(=O)Nc1ccc(C2=CCC(N3CCCC3)CC2)cc1. The van der Waals surface area contributed by atoms with Crippen LogP contribution in [0.15, 0.2) is 30.3 Å². The predicted molar refractivity (Wildman–Crippen MR) is 103 cm³/mol. The number of allylic oxidation sites excluding steroid dienone is 1. The van der Waals surface area contributed by atoms with Gasteiger partial charge in [0.15, 0.2) is 0 Å². The molecule has 1 fully saturated rings. The molecule has 1 amide bonds. The molecule has 0 bridgehead atoms. The number of carbonyl (C=O) groups excluding carboxylic acids is 1. The number of anilines is 1. The van der Waals surface area contributed by atoms with Crippen molar-refractivity contribution in [1.29, 1.82) is 0 Å². The summed E-state index contributed by atoms with van der Waals surface area (Å²) in [5, 5.41) is 2.79. The van der Waals surface area contributed by atoms with E-state index in [1.165, 1.54) is 43.5 Å². The molecule has 0 spiro atoms. The van der Waals surface area contributed by atoms with Gasteiger partial charge in [-0.15, -0.1) is 0 Å². The van der Waals surface area contributed by atoms with Crippen molar-refractivity contribution in [2.75, 3.05) is 18.4 Å². The first-order valence-corrected chi connectivity index (χ1v) is 9.44. The Hall–Kier alpha value is -1.81. The van der Waals surface area contributed by atoms with Crippen molar-refractivity contribution in [1.82, 2.24) is 4.90 Å². The molecule has 25 heavy (non-hydrogen) atoms. The zero-order chi connectivity index (χ0) is 17.9. The molecule has 1 unspecified atom stereocenters. The molecule has 4 nitrogen and oxygen atoms in total. The molecular weight excluding hydrogens is 312 g/mol. The lowest BCUT2D eigenvalue weighted by Gasteiger charge is -2.30. The van der Waals surface area contributed by atoms with Crippen molar-refractivity contribution in [2.45, 2.75) is 64.5 Å². The number of carbonyl (C=O) groups is 1. The molecule has 1 N–H and O–H groups in total. The predicted octanol–water partition coefficient (Wildman–Crippen LogP) is 5.07. The second-order valence-corrected chi connectivity index (χ2v) is 8.10. The van der Waals surface area contributed by atoms with Crippen LogP contribution in [0.25, 0.3) is 5.57 Å². The summed E-state index contributed by atoms with van der Waals surface area (Å²) >= 11 is 0. The number of amides is 1. The molecule has 1 aliphatic carbocycles. The van der Waals surface area contributed by atoms with E-state index in [1.807, 2.05) is 32.9 Å². The van der Waals surface area contributed by atoms with Gasteiger partial charge in [-0.3, -0.25) is 5.32 Å². The van der Waals surface area contributed by atoms with E-state index in [2.05, 4.69) is 28.4 Å². The van der Waals surface area contributed by atoms with E-state index in [0.717, 1.165) is 24.6 Å². The molecule has 1 atom stereocenters. The van der Waals surface area contributed by atoms with Crippen LogP contribution in [0.1, 0.15) is 58.4 Å². The number of rotatable bonds is 3. The van der Waals surface area contributed by atoms with E-state index in [9.17, 15) is 4.79 Å². The van der Waals surface area contributed by atoms with Crippen LogP contribution >= 0.6 is 0 Å². The number of hydrogen-bond donors (Lipinski definition) is 1. The quantitative estimate of drug-likeness (QED) is 0.834. The molecule has 1 aromatic carbocycles. The first-order valence-electron chi connectivity index (χ1n) is 9.44. The summed E-state index contributed by atoms with van der Waals surface area (Å²) in [5.74, 6) is 0. The van der Waals surface area contributed by atoms with Crippen LogP contribution in [0.3, 0.4) is 0 Å². The minimum absolute atomic E-state index is 0.411. The highest BCUT2D eigenvalue weighted by Crippen LogP contribution is 2.31. The monoisotopic (exact) mass is 342 g/mol. The van der Waals surface area contributed by atoms with Gasteiger partial charge < -0.3 is 9.64 Å². The van der Waals surface area contributed by atoms with Gasteiger partial charge in [-0.25, -0.2) is 4.79 Å². The van der Waals surface area contributed by atoms with Gasteiger partial charge >= 0.3 is 6.09 Å². The third kappa shape index (κ3) is 5.08. The van der Waals surface area contributed by atoms with Crippen LogP contribution in [-0.4, -0.2) is 35.7 Å². The van der Waals surface area contributed by atoms with Crippen LogP contribution in [0.4, 0.5) is 10.5 Å². The third-order valence-corrected chi connectivity index (χ3v) is 4.94. The maximum absolute atomic E-state index is 11.8. The van der Waals surface area contributed by atoms with Gasteiger partial charge in [0.2, 0.25) is 0 Å². The van der Waals surface area contributed by atoms with E-state index in [-0.39, 0.29) is 0 Å². The molecule has 0 radical (unpaired) electrons. The van der Waals surface area contributed by atoms with Gasteiger partial charge in [-0.1, -0.05) is 18.2 Å². The Balaban J connectivity index is 1.56. The first kappa shape index (κ1) is 18.0. The van der Waals surface area contributed by atoms with Gasteiger partial charge in [0.1, 0.15) is 5.60 Å². The van der Waals surface area contributed by atoms with Crippen molar-refractivity contribution in [3.8, 4) is 0 Å². The Kier molecular flexibility index (Phi) is 5.48. The van der Waals surface area contributed by atoms with Gasteiger partial charge in [-0.05, 0) is 89.2 Å². The van der Waals surface area contributed by atoms with Crippen molar-refractivity contribution >= 4 is 17.4 Å². The van der Waals surface area contributed by atoms with Gasteiger partial charge in [0.25, 0.3) is 0 Å². The summed E-state index contributed by atoms with van der Waals surface area (Å²) in [4.78, 5) is 14.5. The van der Waals surface area contributed by atoms with Crippen molar-refractivity contribution in [3.63, 3.8) is 0 Å². The summed E-state index contributed by atoms with van der Waals surface area (Å²) < 4.78 is 5.28. The highest BCUT2D eigenvalue weighted by Gasteiger charge is 2.24. The minimum Gasteiger partial charge on any atom is -0.444 e. The highest BCUT2D eigenvalue weighted by atomic mass is 16.6. The van der Waals surface area contributed by atoms with Crippen LogP contribution in [0.5, 0.6) is 0 Å². The maximum atomic E-state index is 11.8. The van der Waals surface area contributed by atoms with Crippen molar-refractivity contribution < 1.29 is 9.53 Å². The fourth-order valence-corrected chi connectivity index (χ4v) is 3.71. The number of nitrogens with one attached hydrogen (secondary N) is 1. The molecule has 0 aromatic heterocycles. The number of ether oxygens (including phenoxy) is 1. The van der Waals surface area contributed by atoms with Crippen LogP contribution in [0.2, 0.25) is 0 Å². The van der Waals surface area contributed by atoms with Crippen LogP contribution in [0, 0.1) is 0 Å². The highest BCUT2D eigenvalue weighted by molar-refractivity contribution is 5.85. The fraction of sp³-hybridized carbons (Fsp3) is 0.571. The molecule has 2 aliphatic rings. The Morgan fingerprint density at radius 1 is 1.16 bits per heavy atom. The average Bonchev–Trinajstić information content (AvgIpc) is 3.08. The zero-order valence-electron chi connectivity index (χ0n) is 15.7. The zero-order valence-corrected chi connectivity index (χ0v) is 15.7. The van der Waals surface area contributed by atoms with Crippen LogP contribution < -0.4 is 5.32 Å². The largest absolute Gasteiger partial charge is 0.444 e. The lowest BCUT2D eigenvalue weighted by atomic mass is 9.90. The molecular formula is C21H30N2O2. The topological polar surface area (TPSA) is 41.6 Å². The molecule has 0 saturated carbocycles. The van der Waals surface area contributed by atoms with Gasteiger partial charge in [0.05, 0.1) is 0 Å². The molecule has 136 valence electrons. The van der Waals surface area contributed by atoms with Crippen molar-refractivity contribution in [2.24, 2.45) is 0 Å². The second-order valence-electron chi connectivity index (χ2n) is 8.10. The molecule has 1 aliphatic heterocycles. The van der Waals surface area contributed by atoms with E-state index in [1.54, 1.807) is 0 Å². The standard InChI is InChI=1S/C21H30N2O2/c1-21(2,3)25-20(24)22-18-10-6-16(7-11-18)17-8-12-19(13-9-17)23-14-4-5-15-23/h6-8,10-11,19H,4-5,9,12-15H2,1-3H3,(H,22,24). The van der Waals surface area contributed by atoms with Crippen molar-refractivity contribution in [3.05, 3.63) is 35.9 Å². The van der Waals surface area contributed by atoms with Crippen LogP contribution in [-0.2, 0) is 4.74 Å². The maximum Gasteiger partial charge on any atom is 0.412 e. The average molecular weight is 342 g/mol. The smallest absolute Gasteiger partial charge is 0.412 e. The Bertz CT molecular complexity index is 622. The molecule has 3 rings (SSSR count). The minimum atomic E-state index is -0.483. The van der Waals surface area contributed by atoms with E-state index in [0.29, 0.717) is 0 Å². The van der Waals surface area contributed by atoms with E-state index < -0.39 is 11.7 Å². The number of nitrogens with zero attached hydrogens (tertiary/aromatic N) is 1. The summed E-state index contributed by atoms with van der Waals surface area (Å²) in [6.07, 6.45) is 8.27. The summed E-state index contributed by atoms with van der Waals surface area (Å²) in [6.45, 7) is 8.14. The Morgan fingerprint density at radius 2 is 1.84 bits per heavy atom. The fourth-order valence-electron chi connectivity index (χ4n) is 3.71. The number of benzene rings is 1.